The molecule has 0 saturated carbocycles. The van der Waals surface area contributed by atoms with Gasteiger partial charge >= 0.3 is 0 Å². The third-order valence-corrected chi connectivity index (χ3v) is 6.66. The molecule has 134 valence electrons. The summed E-state index contributed by atoms with van der Waals surface area (Å²) in [7, 11) is -3.39. The second-order valence-electron chi connectivity index (χ2n) is 6.70. The summed E-state index contributed by atoms with van der Waals surface area (Å²) in [6.07, 6.45) is 5.46. The van der Waals surface area contributed by atoms with Gasteiger partial charge in [0.2, 0.25) is 10.0 Å². The monoisotopic (exact) mass is 421 g/mol. The number of sulfonamides is 1. The maximum absolute atomic E-state index is 12.6. The van der Waals surface area contributed by atoms with Crippen LogP contribution in [0.4, 0.5) is 0 Å². The Labute approximate surface area is 159 Å². The second kappa shape index (κ2) is 8.02. The zero-order valence-corrected chi connectivity index (χ0v) is 16.9. The molecule has 0 aliphatic heterocycles. The van der Waals surface area contributed by atoms with E-state index >= 15 is 0 Å². The molecule has 25 heavy (non-hydrogen) atoms. The zero-order chi connectivity index (χ0) is 17.9. The summed E-state index contributed by atoms with van der Waals surface area (Å²) in [5.74, 6) is 0.00171. The maximum Gasteiger partial charge on any atom is 0.216 e. The lowest BCUT2D eigenvalue weighted by Gasteiger charge is -2.21. The van der Waals surface area contributed by atoms with Crippen molar-refractivity contribution in [3.8, 4) is 0 Å². The van der Waals surface area contributed by atoms with Gasteiger partial charge in [0.15, 0.2) is 0 Å². The molecule has 2 aromatic rings. The van der Waals surface area contributed by atoms with E-state index < -0.39 is 10.0 Å². The molecule has 1 aliphatic carbocycles. The first-order valence-electron chi connectivity index (χ1n) is 8.83. The Morgan fingerprint density at radius 3 is 2.40 bits per heavy atom. The minimum atomic E-state index is -3.39. The van der Waals surface area contributed by atoms with Crippen LogP contribution in [0.5, 0.6) is 0 Å². The highest BCUT2D eigenvalue weighted by atomic mass is 79.9. The first-order chi connectivity index (χ1) is 12.0. The Bertz CT molecular complexity index is 831. The highest BCUT2D eigenvalue weighted by Gasteiger charge is 2.20. The Balaban J connectivity index is 1.75. The van der Waals surface area contributed by atoms with Crippen molar-refractivity contribution < 1.29 is 8.42 Å². The summed E-state index contributed by atoms with van der Waals surface area (Å²) in [6, 6.07) is 13.7. The van der Waals surface area contributed by atoms with Gasteiger partial charge in [-0.25, -0.2) is 13.1 Å². The Morgan fingerprint density at radius 2 is 1.72 bits per heavy atom. The van der Waals surface area contributed by atoms with Gasteiger partial charge in [0.1, 0.15) is 0 Å². The van der Waals surface area contributed by atoms with Gasteiger partial charge in [-0.1, -0.05) is 53.2 Å². The molecule has 0 fully saturated rings. The van der Waals surface area contributed by atoms with Gasteiger partial charge in [0.05, 0.1) is 5.75 Å². The fourth-order valence-corrected chi connectivity index (χ4v) is 5.13. The molecule has 0 bridgehead atoms. The van der Waals surface area contributed by atoms with Crippen LogP contribution in [0.1, 0.15) is 54.5 Å². The molecule has 1 N–H and O–H groups in total. The number of aryl methyl sites for hydroxylation is 2. The molecule has 3 rings (SSSR count). The standard InChI is InChI=1S/C20H24BrNO2S/c1-2-20(18-10-9-16-5-3-4-6-17(16)13-18)22-25(23,24)14-15-7-11-19(21)12-8-15/h7-13,20,22H,2-6,14H2,1H3/t20-/m0/s1. The zero-order valence-electron chi connectivity index (χ0n) is 14.5. The first-order valence-corrected chi connectivity index (χ1v) is 11.3. The van der Waals surface area contributed by atoms with Crippen molar-refractivity contribution in [2.75, 3.05) is 0 Å². The van der Waals surface area contributed by atoms with E-state index in [0.717, 1.165) is 34.9 Å². The van der Waals surface area contributed by atoms with Crippen LogP contribution in [-0.4, -0.2) is 8.42 Å². The molecule has 0 radical (unpaired) electrons. The molecular formula is C20H24BrNO2S. The minimum absolute atomic E-state index is 0.00171. The average molecular weight is 422 g/mol. The maximum atomic E-state index is 12.6. The number of benzene rings is 2. The van der Waals surface area contributed by atoms with Gasteiger partial charge in [0, 0.05) is 10.5 Å². The van der Waals surface area contributed by atoms with Gasteiger partial charge in [-0.15, -0.1) is 0 Å². The summed E-state index contributed by atoms with van der Waals surface area (Å²) in [5.41, 5.74) is 4.66. The third kappa shape index (κ3) is 4.93. The predicted octanol–water partition coefficient (Wildman–Crippen LogP) is 4.90. The van der Waals surface area contributed by atoms with E-state index in [0.29, 0.717) is 0 Å². The van der Waals surface area contributed by atoms with E-state index in [4.69, 9.17) is 0 Å². The summed E-state index contributed by atoms with van der Waals surface area (Å²) in [6.45, 7) is 2.02. The number of halogens is 1. The normalized spacial score (nSPS) is 15.6. The van der Waals surface area contributed by atoms with Gasteiger partial charge < -0.3 is 0 Å². The summed E-state index contributed by atoms with van der Waals surface area (Å²) in [5, 5.41) is 0. The minimum Gasteiger partial charge on any atom is -0.212 e. The molecule has 0 spiro atoms. The SMILES string of the molecule is CC[C@H](NS(=O)(=O)Cc1ccc(Br)cc1)c1ccc2c(c1)CCCC2. The van der Waals surface area contributed by atoms with Gasteiger partial charge in [0.25, 0.3) is 0 Å². The van der Waals surface area contributed by atoms with Gasteiger partial charge in [-0.2, -0.15) is 0 Å². The topological polar surface area (TPSA) is 46.2 Å². The number of fused-ring (bicyclic) bond motifs is 1. The van der Waals surface area contributed by atoms with Crippen LogP contribution in [-0.2, 0) is 28.6 Å². The van der Waals surface area contributed by atoms with Crippen LogP contribution in [0.15, 0.2) is 46.9 Å². The number of hydrogen-bond donors (Lipinski definition) is 1. The van der Waals surface area contributed by atoms with Crippen LogP contribution in [0.2, 0.25) is 0 Å². The number of rotatable bonds is 6. The Morgan fingerprint density at radius 1 is 1.04 bits per heavy atom. The van der Waals surface area contributed by atoms with Crippen LogP contribution in [0, 0.1) is 0 Å². The van der Waals surface area contributed by atoms with Crippen LogP contribution < -0.4 is 4.72 Å². The lowest BCUT2D eigenvalue weighted by Crippen LogP contribution is -2.29. The lowest BCUT2D eigenvalue weighted by molar-refractivity contribution is 0.548. The fourth-order valence-electron chi connectivity index (χ4n) is 3.42. The van der Waals surface area contributed by atoms with E-state index in [1.807, 2.05) is 31.2 Å². The van der Waals surface area contributed by atoms with Crippen molar-refractivity contribution in [3.63, 3.8) is 0 Å². The summed E-state index contributed by atoms with van der Waals surface area (Å²) >= 11 is 3.37. The number of nitrogens with one attached hydrogen (secondary N) is 1. The van der Waals surface area contributed by atoms with E-state index in [1.54, 1.807) is 0 Å². The first kappa shape index (κ1) is 18.6. The van der Waals surface area contributed by atoms with Crippen LogP contribution >= 0.6 is 15.9 Å². The Kier molecular flexibility index (Phi) is 5.97. The highest BCUT2D eigenvalue weighted by molar-refractivity contribution is 9.10. The third-order valence-electron chi connectivity index (χ3n) is 4.77. The molecule has 1 atom stereocenters. The smallest absolute Gasteiger partial charge is 0.212 e. The van der Waals surface area contributed by atoms with Crippen molar-refractivity contribution in [3.05, 3.63) is 69.2 Å². The van der Waals surface area contributed by atoms with E-state index in [2.05, 4.69) is 38.9 Å². The van der Waals surface area contributed by atoms with Gasteiger partial charge in [-0.05, 0) is 66.5 Å². The molecule has 0 saturated heterocycles. The molecule has 5 heteroatoms. The number of hydrogen-bond acceptors (Lipinski definition) is 2. The van der Waals surface area contributed by atoms with E-state index in [1.165, 1.54) is 24.0 Å². The molecule has 0 aromatic heterocycles. The van der Waals surface area contributed by atoms with E-state index in [9.17, 15) is 8.42 Å². The predicted molar refractivity (Wildman–Crippen MR) is 106 cm³/mol. The van der Waals surface area contributed by atoms with Crippen LogP contribution in [0.3, 0.4) is 0 Å². The van der Waals surface area contributed by atoms with Crippen LogP contribution in [0.25, 0.3) is 0 Å². The average Bonchev–Trinajstić information content (AvgIpc) is 2.61. The largest absolute Gasteiger partial charge is 0.216 e. The molecule has 1 aliphatic rings. The molecule has 3 nitrogen and oxygen atoms in total. The van der Waals surface area contributed by atoms with Crippen molar-refractivity contribution in [2.45, 2.75) is 50.8 Å². The summed E-state index contributed by atoms with van der Waals surface area (Å²) in [4.78, 5) is 0. The van der Waals surface area contributed by atoms with E-state index in [-0.39, 0.29) is 11.8 Å². The fraction of sp³-hybridized carbons (Fsp3) is 0.400. The molecule has 0 amide bonds. The van der Waals surface area contributed by atoms with Gasteiger partial charge in [-0.3, -0.25) is 0 Å². The lowest BCUT2D eigenvalue weighted by atomic mass is 9.89. The van der Waals surface area contributed by atoms with Crippen molar-refractivity contribution in [1.82, 2.24) is 4.72 Å². The van der Waals surface area contributed by atoms with Crippen molar-refractivity contribution in [1.29, 1.82) is 0 Å². The molecule has 0 heterocycles. The molecule has 2 aromatic carbocycles. The molecule has 0 unspecified atom stereocenters. The Hall–Kier alpha value is -1.17. The quantitative estimate of drug-likeness (QED) is 0.720. The second-order valence-corrected chi connectivity index (χ2v) is 9.37. The summed E-state index contributed by atoms with van der Waals surface area (Å²) < 4.78 is 29.0. The van der Waals surface area contributed by atoms with Crippen molar-refractivity contribution in [2.24, 2.45) is 0 Å². The van der Waals surface area contributed by atoms with Crippen molar-refractivity contribution >= 4 is 26.0 Å². The molecular weight excluding hydrogens is 398 g/mol. The highest BCUT2D eigenvalue weighted by Crippen LogP contribution is 2.26.